The Bertz CT molecular complexity index is 943. The lowest BCUT2D eigenvalue weighted by Gasteiger charge is -2.13. The Morgan fingerprint density at radius 3 is 2.63 bits per heavy atom. The van der Waals surface area contributed by atoms with E-state index in [2.05, 4.69) is 21.4 Å². The maximum absolute atomic E-state index is 12.5. The fourth-order valence-corrected chi connectivity index (χ4v) is 3.02. The summed E-state index contributed by atoms with van der Waals surface area (Å²) in [5.41, 5.74) is 15.2. The minimum Gasteiger partial charge on any atom is -0.469 e. The molecule has 0 fully saturated rings. The van der Waals surface area contributed by atoms with Crippen LogP contribution in [0.15, 0.2) is 26.3 Å². The van der Waals surface area contributed by atoms with Crippen LogP contribution in [0.5, 0.6) is 0 Å². The third-order valence-electron chi connectivity index (χ3n) is 4.23. The number of thiocarbonyl (C=S) groups is 1. The van der Waals surface area contributed by atoms with Crippen molar-refractivity contribution in [3.63, 3.8) is 0 Å². The predicted molar refractivity (Wildman–Crippen MR) is 101 cm³/mol. The molecule has 2 aromatic rings. The van der Waals surface area contributed by atoms with E-state index >= 15 is 0 Å². The maximum Gasteiger partial charge on any atom is 0.305 e. The molecule has 9 nitrogen and oxygen atoms in total. The SMILES string of the molecule is Cc1occc1C(=O)NNC(=O)c1oc2c(c1C)/C(=N/NC(N)=S)CCC2. The molecule has 142 valence electrons. The van der Waals surface area contributed by atoms with Gasteiger partial charge in [-0.1, -0.05) is 0 Å². The molecule has 0 unspecified atom stereocenters. The smallest absolute Gasteiger partial charge is 0.305 e. The summed E-state index contributed by atoms with van der Waals surface area (Å²) in [4.78, 5) is 24.6. The number of aryl methyl sites for hydroxylation is 2. The van der Waals surface area contributed by atoms with E-state index in [4.69, 9.17) is 26.8 Å². The minimum absolute atomic E-state index is 0.0611. The number of carbonyl (C=O) groups excluding carboxylic acids is 2. The molecule has 5 N–H and O–H groups in total. The van der Waals surface area contributed by atoms with Crippen LogP contribution in [0.4, 0.5) is 0 Å². The Labute approximate surface area is 160 Å². The third-order valence-corrected chi connectivity index (χ3v) is 4.32. The van der Waals surface area contributed by atoms with Crippen LogP contribution in [0.2, 0.25) is 0 Å². The second-order valence-corrected chi connectivity index (χ2v) is 6.48. The van der Waals surface area contributed by atoms with Crippen molar-refractivity contribution in [2.75, 3.05) is 0 Å². The summed E-state index contributed by atoms with van der Waals surface area (Å²) < 4.78 is 10.8. The first-order chi connectivity index (χ1) is 12.9. The molecule has 0 saturated carbocycles. The maximum atomic E-state index is 12.5. The van der Waals surface area contributed by atoms with Gasteiger partial charge in [0.05, 0.1) is 17.5 Å². The number of nitrogens with zero attached hydrogens (tertiary/aromatic N) is 1. The zero-order valence-corrected chi connectivity index (χ0v) is 15.7. The van der Waals surface area contributed by atoms with Gasteiger partial charge in [-0.3, -0.25) is 25.9 Å². The van der Waals surface area contributed by atoms with E-state index < -0.39 is 11.8 Å². The van der Waals surface area contributed by atoms with Gasteiger partial charge < -0.3 is 14.6 Å². The summed E-state index contributed by atoms with van der Waals surface area (Å²) in [7, 11) is 0. The van der Waals surface area contributed by atoms with E-state index in [-0.39, 0.29) is 10.9 Å². The standard InChI is InChI=1S/C17H19N5O4S/c1-8-13-11(19-22-17(18)27)4-3-5-12(13)26-14(8)16(24)21-20-15(23)10-6-7-25-9(10)2/h6-7H,3-5H2,1-2H3,(H,20,23)(H,21,24)(H3,18,22,27)/b19-11+. The number of amides is 2. The highest BCUT2D eigenvalue weighted by Gasteiger charge is 2.28. The molecule has 2 amide bonds. The molecule has 1 aliphatic rings. The van der Waals surface area contributed by atoms with Crippen LogP contribution in [-0.2, 0) is 6.42 Å². The number of fused-ring (bicyclic) bond motifs is 1. The zero-order valence-electron chi connectivity index (χ0n) is 14.8. The van der Waals surface area contributed by atoms with Gasteiger partial charge in [0.2, 0.25) is 0 Å². The van der Waals surface area contributed by atoms with Crippen molar-refractivity contribution in [2.24, 2.45) is 10.8 Å². The number of hydrogen-bond donors (Lipinski definition) is 4. The van der Waals surface area contributed by atoms with Gasteiger partial charge in [-0.25, -0.2) is 0 Å². The molecule has 0 saturated heterocycles. The largest absolute Gasteiger partial charge is 0.469 e. The van der Waals surface area contributed by atoms with E-state index in [0.29, 0.717) is 35.5 Å². The molecule has 0 aromatic carbocycles. The van der Waals surface area contributed by atoms with Gasteiger partial charge >= 0.3 is 5.91 Å². The van der Waals surface area contributed by atoms with Gasteiger partial charge in [-0.2, -0.15) is 5.10 Å². The van der Waals surface area contributed by atoms with Crippen LogP contribution >= 0.6 is 12.2 Å². The van der Waals surface area contributed by atoms with Crippen molar-refractivity contribution in [2.45, 2.75) is 33.1 Å². The highest BCUT2D eigenvalue weighted by atomic mass is 32.1. The Kier molecular flexibility index (Phi) is 5.26. The summed E-state index contributed by atoms with van der Waals surface area (Å²) in [6.45, 7) is 3.42. The fraction of sp³-hybridized carbons (Fsp3) is 0.294. The first kappa shape index (κ1) is 18.6. The van der Waals surface area contributed by atoms with E-state index in [1.54, 1.807) is 13.8 Å². The average Bonchev–Trinajstić information content (AvgIpc) is 3.21. The van der Waals surface area contributed by atoms with Crippen LogP contribution in [0.25, 0.3) is 0 Å². The van der Waals surface area contributed by atoms with Crippen molar-refractivity contribution >= 4 is 34.9 Å². The minimum atomic E-state index is -0.557. The van der Waals surface area contributed by atoms with E-state index in [9.17, 15) is 9.59 Å². The van der Waals surface area contributed by atoms with Crippen molar-refractivity contribution in [1.29, 1.82) is 0 Å². The quantitative estimate of drug-likeness (QED) is 0.461. The Morgan fingerprint density at radius 2 is 1.96 bits per heavy atom. The molecule has 0 spiro atoms. The highest BCUT2D eigenvalue weighted by Crippen LogP contribution is 2.29. The number of hydrazone groups is 1. The normalized spacial score (nSPS) is 14.5. The summed E-state index contributed by atoms with van der Waals surface area (Å²) in [6.07, 6.45) is 3.63. The van der Waals surface area contributed by atoms with Crippen molar-refractivity contribution < 1.29 is 18.4 Å². The Balaban J connectivity index is 1.77. The van der Waals surface area contributed by atoms with Crippen LogP contribution in [0, 0.1) is 13.8 Å². The summed E-state index contributed by atoms with van der Waals surface area (Å²) >= 11 is 4.77. The molecule has 27 heavy (non-hydrogen) atoms. The van der Waals surface area contributed by atoms with E-state index in [1.807, 2.05) is 0 Å². The van der Waals surface area contributed by atoms with Crippen LogP contribution in [-0.4, -0.2) is 22.6 Å². The van der Waals surface area contributed by atoms with E-state index in [0.717, 1.165) is 17.7 Å². The fourth-order valence-electron chi connectivity index (χ4n) is 2.98. The zero-order chi connectivity index (χ0) is 19.6. The second-order valence-electron chi connectivity index (χ2n) is 6.04. The first-order valence-electron chi connectivity index (χ1n) is 8.28. The predicted octanol–water partition coefficient (Wildman–Crippen LogP) is 1.44. The lowest BCUT2D eigenvalue weighted by atomic mass is 9.93. The second kappa shape index (κ2) is 7.62. The van der Waals surface area contributed by atoms with Crippen molar-refractivity contribution in [3.05, 3.63) is 46.3 Å². The lowest BCUT2D eigenvalue weighted by molar-refractivity contribution is 0.0828. The molecule has 1 aliphatic carbocycles. The van der Waals surface area contributed by atoms with Gasteiger partial charge in [0.1, 0.15) is 11.5 Å². The highest BCUT2D eigenvalue weighted by molar-refractivity contribution is 7.80. The van der Waals surface area contributed by atoms with Gasteiger partial charge in [0.25, 0.3) is 5.91 Å². The van der Waals surface area contributed by atoms with Gasteiger partial charge in [0, 0.05) is 17.5 Å². The van der Waals surface area contributed by atoms with Crippen molar-refractivity contribution in [3.8, 4) is 0 Å². The molecule has 2 aromatic heterocycles. The Hall–Kier alpha value is -3.14. The molecule has 0 aliphatic heterocycles. The van der Waals surface area contributed by atoms with Gasteiger partial charge in [-0.15, -0.1) is 0 Å². The summed E-state index contributed by atoms with van der Waals surface area (Å²) in [5, 5.41) is 4.26. The molecule has 2 heterocycles. The molecular weight excluding hydrogens is 370 g/mol. The van der Waals surface area contributed by atoms with E-state index in [1.165, 1.54) is 12.3 Å². The topological polar surface area (TPSA) is 135 Å². The number of hydrazine groups is 1. The number of furan rings is 2. The summed E-state index contributed by atoms with van der Waals surface area (Å²) in [5.74, 6) is 0.209. The Morgan fingerprint density at radius 1 is 1.22 bits per heavy atom. The van der Waals surface area contributed by atoms with Gasteiger partial charge in [0.15, 0.2) is 10.9 Å². The molecular formula is C17H19N5O4S. The molecule has 0 radical (unpaired) electrons. The van der Waals surface area contributed by atoms with Crippen LogP contribution in [0.1, 0.15) is 56.4 Å². The van der Waals surface area contributed by atoms with Crippen LogP contribution < -0.4 is 22.0 Å². The molecule has 10 heteroatoms. The number of nitrogens with two attached hydrogens (primary N) is 1. The molecule has 0 atom stereocenters. The van der Waals surface area contributed by atoms with Gasteiger partial charge in [-0.05, 0) is 45.0 Å². The first-order valence-corrected chi connectivity index (χ1v) is 8.68. The van der Waals surface area contributed by atoms with Crippen molar-refractivity contribution in [1.82, 2.24) is 16.3 Å². The number of nitrogens with one attached hydrogen (secondary N) is 3. The molecule has 0 bridgehead atoms. The van der Waals surface area contributed by atoms with Crippen LogP contribution in [0.3, 0.4) is 0 Å². The average molecular weight is 389 g/mol. The lowest BCUT2D eigenvalue weighted by Crippen LogP contribution is -2.41. The number of carbonyl (C=O) groups is 2. The third kappa shape index (κ3) is 3.85. The monoisotopic (exact) mass is 389 g/mol. The number of rotatable bonds is 3. The molecule has 3 rings (SSSR count). The number of hydrogen-bond acceptors (Lipinski definition) is 6. The summed E-state index contributed by atoms with van der Waals surface area (Å²) in [6, 6.07) is 1.52.